The molecule has 2 aromatic carbocycles. The number of fused-ring (bicyclic) bond motifs is 1. The average molecular weight is 423 g/mol. The van der Waals surface area contributed by atoms with E-state index < -0.39 is 17.8 Å². The molecule has 0 bridgehead atoms. The quantitative estimate of drug-likeness (QED) is 0.789. The molecule has 2 aliphatic rings. The van der Waals surface area contributed by atoms with E-state index in [9.17, 15) is 18.8 Å². The van der Waals surface area contributed by atoms with Crippen LogP contribution < -0.4 is 10.6 Å². The van der Waals surface area contributed by atoms with Crippen molar-refractivity contribution in [2.45, 2.75) is 44.2 Å². The molecule has 0 aromatic heterocycles. The fourth-order valence-electron chi connectivity index (χ4n) is 4.85. The van der Waals surface area contributed by atoms with Crippen LogP contribution in [0.3, 0.4) is 0 Å². The van der Waals surface area contributed by atoms with Crippen LogP contribution in [0.1, 0.15) is 52.8 Å². The van der Waals surface area contributed by atoms with Crippen molar-refractivity contribution < 1.29 is 18.8 Å². The first-order chi connectivity index (χ1) is 15.0. The molecule has 6 nitrogen and oxygen atoms in total. The van der Waals surface area contributed by atoms with Crippen LogP contribution in [0, 0.1) is 11.7 Å². The van der Waals surface area contributed by atoms with Crippen molar-refractivity contribution in [3.63, 3.8) is 0 Å². The molecule has 1 saturated carbocycles. The standard InChI is InChI=1S/C24H26FN3O3/c1-26-22(29)18-14-17(11-12-19(18)25)27-23(30)21-13-16-9-5-6-10-20(16)28(21)24(31)15-7-3-2-4-8-15/h2-4,7-8,11-12,14,16,20-21H,5-6,9-10,13H2,1H3,(H,26,29)(H,27,30). The third kappa shape index (κ3) is 4.17. The molecular weight excluding hydrogens is 397 g/mol. The smallest absolute Gasteiger partial charge is 0.254 e. The minimum absolute atomic E-state index is 0.0480. The molecule has 2 aromatic rings. The van der Waals surface area contributed by atoms with E-state index in [-0.39, 0.29) is 23.4 Å². The molecule has 2 fully saturated rings. The van der Waals surface area contributed by atoms with Crippen LogP contribution in [0.25, 0.3) is 0 Å². The molecule has 3 unspecified atom stereocenters. The van der Waals surface area contributed by atoms with Crippen molar-refractivity contribution in [1.29, 1.82) is 0 Å². The van der Waals surface area contributed by atoms with Crippen LogP contribution in [0.2, 0.25) is 0 Å². The predicted octanol–water partition coefficient (Wildman–Crippen LogP) is 3.60. The molecule has 3 atom stereocenters. The number of rotatable bonds is 4. The predicted molar refractivity (Wildman–Crippen MR) is 115 cm³/mol. The lowest BCUT2D eigenvalue weighted by Gasteiger charge is -2.33. The van der Waals surface area contributed by atoms with Gasteiger partial charge in [-0.15, -0.1) is 0 Å². The molecule has 0 radical (unpaired) electrons. The first-order valence-electron chi connectivity index (χ1n) is 10.7. The number of likely N-dealkylation sites (tertiary alicyclic amines) is 1. The summed E-state index contributed by atoms with van der Waals surface area (Å²) in [7, 11) is 1.42. The van der Waals surface area contributed by atoms with Crippen molar-refractivity contribution in [2.24, 2.45) is 5.92 Å². The maximum Gasteiger partial charge on any atom is 0.254 e. The summed E-state index contributed by atoms with van der Waals surface area (Å²) in [5.41, 5.74) is 0.750. The fourth-order valence-corrected chi connectivity index (χ4v) is 4.85. The third-order valence-electron chi connectivity index (χ3n) is 6.35. The van der Waals surface area contributed by atoms with E-state index in [0.29, 0.717) is 23.6 Å². The molecular formula is C24H26FN3O3. The number of halogens is 1. The minimum atomic E-state index is -0.662. The molecule has 162 valence electrons. The number of carbonyl (C=O) groups is 3. The molecule has 31 heavy (non-hydrogen) atoms. The van der Waals surface area contributed by atoms with Crippen LogP contribution in [-0.4, -0.2) is 41.8 Å². The summed E-state index contributed by atoms with van der Waals surface area (Å²) in [6.45, 7) is 0. The Morgan fingerprint density at radius 1 is 1.03 bits per heavy atom. The second-order valence-electron chi connectivity index (χ2n) is 8.20. The van der Waals surface area contributed by atoms with Gasteiger partial charge in [-0.2, -0.15) is 0 Å². The summed E-state index contributed by atoms with van der Waals surface area (Å²) >= 11 is 0. The van der Waals surface area contributed by atoms with Gasteiger partial charge in [0, 0.05) is 24.3 Å². The van der Waals surface area contributed by atoms with Crippen LogP contribution in [0.5, 0.6) is 0 Å². The molecule has 0 spiro atoms. The van der Waals surface area contributed by atoms with E-state index in [1.807, 2.05) is 18.2 Å². The topological polar surface area (TPSA) is 78.5 Å². The fraction of sp³-hybridized carbons (Fsp3) is 0.375. The van der Waals surface area contributed by atoms with Crippen molar-refractivity contribution in [3.05, 3.63) is 65.5 Å². The van der Waals surface area contributed by atoms with E-state index in [0.717, 1.165) is 31.7 Å². The SMILES string of the molecule is CNC(=O)c1cc(NC(=O)C2CC3CCCCC3N2C(=O)c2ccccc2)ccc1F. The number of carbonyl (C=O) groups excluding carboxylic acids is 3. The molecule has 1 aliphatic heterocycles. The summed E-state index contributed by atoms with van der Waals surface area (Å²) in [4.78, 5) is 40.2. The second-order valence-corrected chi connectivity index (χ2v) is 8.20. The largest absolute Gasteiger partial charge is 0.355 e. The number of hydrogen-bond acceptors (Lipinski definition) is 3. The Kier molecular flexibility index (Phi) is 6.02. The first-order valence-corrected chi connectivity index (χ1v) is 10.7. The van der Waals surface area contributed by atoms with Gasteiger partial charge < -0.3 is 15.5 Å². The highest BCUT2D eigenvalue weighted by Gasteiger charge is 2.47. The third-order valence-corrected chi connectivity index (χ3v) is 6.35. The second kappa shape index (κ2) is 8.88. The van der Waals surface area contributed by atoms with E-state index in [1.165, 1.54) is 19.2 Å². The molecule has 7 heteroatoms. The first kappa shape index (κ1) is 21.0. The lowest BCUT2D eigenvalue weighted by atomic mass is 9.84. The van der Waals surface area contributed by atoms with Crippen LogP contribution in [0.4, 0.5) is 10.1 Å². The molecule has 3 amide bonds. The molecule has 1 heterocycles. The van der Waals surface area contributed by atoms with Crippen LogP contribution in [-0.2, 0) is 4.79 Å². The van der Waals surface area contributed by atoms with Gasteiger partial charge >= 0.3 is 0 Å². The highest BCUT2D eigenvalue weighted by molar-refractivity contribution is 6.02. The summed E-state index contributed by atoms with van der Waals surface area (Å²) in [6, 6.07) is 12.4. The van der Waals surface area contributed by atoms with Gasteiger partial charge in [0.2, 0.25) is 5.91 Å². The normalized spacial score (nSPS) is 22.5. The number of nitrogens with one attached hydrogen (secondary N) is 2. The minimum Gasteiger partial charge on any atom is -0.355 e. The Bertz CT molecular complexity index is 995. The Balaban J connectivity index is 1.60. The van der Waals surface area contributed by atoms with Gasteiger partial charge in [0.25, 0.3) is 11.8 Å². The van der Waals surface area contributed by atoms with Crippen molar-refractivity contribution in [2.75, 3.05) is 12.4 Å². The van der Waals surface area contributed by atoms with E-state index in [1.54, 1.807) is 17.0 Å². The monoisotopic (exact) mass is 423 g/mol. The zero-order valence-electron chi connectivity index (χ0n) is 17.4. The lowest BCUT2D eigenvalue weighted by molar-refractivity contribution is -0.120. The summed E-state index contributed by atoms with van der Waals surface area (Å²) < 4.78 is 14.0. The number of amides is 3. The van der Waals surface area contributed by atoms with Gasteiger partial charge in [0.05, 0.1) is 5.56 Å². The maximum absolute atomic E-state index is 14.0. The van der Waals surface area contributed by atoms with Crippen LogP contribution in [0.15, 0.2) is 48.5 Å². The zero-order valence-corrected chi connectivity index (χ0v) is 17.4. The highest BCUT2D eigenvalue weighted by atomic mass is 19.1. The van der Waals surface area contributed by atoms with Gasteiger partial charge in [0.1, 0.15) is 11.9 Å². The maximum atomic E-state index is 14.0. The lowest BCUT2D eigenvalue weighted by Crippen LogP contribution is -2.47. The molecule has 4 rings (SSSR count). The Hall–Kier alpha value is -3.22. The van der Waals surface area contributed by atoms with Gasteiger partial charge in [-0.25, -0.2) is 4.39 Å². The van der Waals surface area contributed by atoms with E-state index >= 15 is 0 Å². The zero-order chi connectivity index (χ0) is 22.0. The van der Waals surface area contributed by atoms with E-state index in [2.05, 4.69) is 10.6 Å². The highest BCUT2D eigenvalue weighted by Crippen LogP contribution is 2.40. The summed E-state index contributed by atoms with van der Waals surface area (Å²) in [6.07, 6.45) is 4.66. The summed E-state index contributed by atoms with van der Waals surface area (Å²) in [5, 5.41) is 5.18. The van der Waals surface area contributed by atoms with Gasteiger partial charge in [-0.3, -0.25) is 14.4 Å². The Morgan fingerprint density at radius 3 is 2.52 bits per heavy atom. The number of anilines is 1. The van der Waals surface area contributed by atoms with Crippen LogP contribution >= 0.6 is 0 Å². The molecule has 1 aliphatic carbocycles. The number of nitrogens with zero attached hydrogens (tertiary/aromatic N) is 1. The Morgan fingerprint density at radius 2 is 1.77 bits per heavy atom. The van der Waals surface area contributed by atoms with Gasteiger partial charge in [-0.1, -0.05) is 31.0 Å². The van der Waals surface area contributed by atoms with Gasteiger partial charge in [-0.05, 0) is 55.5 Å². The number of benzene rings is 2. The molecule has 1 saturated heterocycles. The van der Waals surface area contributed by atoms with E-state index in [4.69, 9.17) is 0 Å². The number of hydrogen-bond donors (Lipinski definition) is 2. The van der Waals surface area contributed by atoms with Crippen molar-refractivity contribution in [3.8, 4) is 0 Å². The molecule has 2 N–H and O–H groups in total. The Labute approximate surface area is 180 Å². The van der Waals surface area contributed by atoms with Crippen molar-refractivity contribution in [1.82, 2.24) is 10.2 Å². The average Bonchev–Trinajstić information content (AvgIpc) is 3.19. The summed E-state index contributed by atoms with van der Waals surface area (Å²) in [5.74, 6) is -1.38. The van der Waals surface area contributed by atoms with Gasteiger partial charge in [0.15, 0.2) is 0 Å². The van der Waals surface area contributed by atoms with Crippen molar-refractivity contribution >= 4 is 23.4 Å².